The number of nitrogens with one attached hydrogen (secondary N) is 4. The SMILES string of the molecule is Cc1cn(Cc2[nH]nnc2COCO[PH](=O)OCOCc2nn[nH]c2Cn2cc(C)c(=O)[nH]c2=O)c(=O)[nH]c1=O. The third-order valence-electron chi connectivity index (χ3n) is 5.44. The Morgan fingerprint density at radius 2 is 1.18 bits per heavy atom. The Hall–Kier alpha value is -4.29. The summed E-state index contributed by atoms with van der Waals surface area (Å²) in [6, 6.07) is 0. The molecular formula is C20H25N10O9P. The topological polar surface area (TPSA) is 247 Å². The Balaban J connectivity index is 1.17. The molecule has 0 saturated carbocycles. The molecule has 4 heterocycles. The molecule has 0 radical (unpaired) electrons. The second-order valence-corrected chi connectivity index (χ2v) is 9.42. The second-order valence-electron chi connectivity index (χ2n) is 8.34. The standard InChI is InChI=1S/C20H25N10O9P/c1-11-3-29(19(33)21-17(11)31)5-13-15(25-27-23-13)7-36-9-38-40(35)39-10-37-8-16-14(24-28-26-16)6-30-4-12(2)18(32)22-20(30)34/h3-4,40H,5-10H2,1-2H3,(H,21,31,33)(H,22,32,34)(H,23,25,27)(H,24,26,28). The minimum absolute atomic E-state index is 0.0640. The summed E-state index contributed by atoms with van der Waals surface area (Å²) in [4.78, 5) is 51.4. The van der Waals surface area contributed by atoms with Crippen molar-refractivity contribution >= 4 is 8.25 Å². The van der Waals surface area contributed by atoms with Gasteiger partial charge in [-0.2, -0.15) is 0 Å². The van der Waals surface area contributed by atoms with Crippen LogP contribution < -0.4 is 22.5 Å². The molecule has 4 aromatic heterocycles. The molecule has 0 amide bonds. The molecule has 0 aliphatic heterocycles. The van der Waals surface area contributed by atoms with E-state index in [1.54, 1.807) is 13.8 Å². The number of aryl methyl sites for hydroxylation is 2. The molecule has 0 bridgehead atoms. The predicted molar refractivity (Wildman–Crippen MR) is 134 cm³/mol. The first kappa shape index (κ1) is 28.7. The van der Waals surface area contributed by atoms with Gasteiger partial charge in [-0.1, -0.05) is 10.4 Å². The lowest BCUT2D eigenvalue weighted by molar-refractivity contribution is -0.0284. The molecule has 4 rings (SSSR count). The van der Waals surface area contributed by atoms with Gasteiger partial charge >= 0.3 is 19.6 Å². The van der Waals surface area contributed by atoms with Crippen LogP contribution in [-0.4, -0.2) is 63.5 Å². The first-order chi connectivity index (χ1) is 19.2. The molecule has 0 saturated heterocycles. The number of hydrogen-bond acceptors (Lipinski definition) is 13. The molecular weight excluding hydrogens is 555 g/mol. The predicted octanol–water partition coefficient (Wildman–Crippen LogP) is -1.59. The summed E-state index contributed by atoms with van der Waals surface area (Å²) < 4.78 is 35.1. The fraction of sp³-hybridized carbons (Fsp3) is 0.400. The van der Waals surface area contributed by atoms with E-state index in [4.69, 9.17) is 18.5 Å². The van der Waals surface area contributed by atoms with Gasteiger partial charge in [0.15, 0.2) is 13.6 Å². The molecule has 0 spiro atoms. The number of aromatic amines is 4. The van der Waals surface area contributed by atoms with E-state index in [1.165, 1.54) is 21.5 Å². The van der Waals surface area contributed by atoms with Crippen molar-refractivity contribution in [1.29, 1.82) is 0 Å². The van der Waals surface area contributed by atoms with E-state index < -0.39 is 30.8 Å². The number of ether oxygens (including phenoxy) is 2. The van der Waals surface area contributed by atoms with Crippen molar-refractivity contribution in [2.24, 2.45) is 0 Å². The Bertz CT molecular complexity index is 1590. The molecule has 0 aliphatic carbocycles. The Morgan fingerprint density at radius 1 is 0.750 bits per heavy atom. The first-order valence-corrected chi connectivity index (χ1v) is 12.8. The van der Waals surface area contributed by atoms with Crippen molar-refractivity contribution in [3.63, 3.8) is 0 Å². The molecule has 214 valence electrons. The fourth-order valence-electron chi connectivity index (χ4n) is 3.34. The van der Waals surface area contributed by atoms with Gasteiger partial charge in [-0.05, 0) is 13.8 Å². The van der Waals surface area contributed by atoms with Gasteiger partial charge in [0.2, 0.25) is 0 Å². The van der Waals surface area contributed by atoms with Crippen LogP contribution in [0, 0.1) is 13.8 Å². The zero-order chi connectivity index (χ0) is 28.6. The lowest BCUT2D eigenvalue weighted by atomic mass is 10.3. The van der Waals surface area contributed by atoms with Crippen molar-refractivity contribution in [3.05, 3.63) is 88.0 Å². The van der Waals surface area contributed by atoms with E-state index in [-0.39, 0.29) is 39.9 Å². The highest BCUT2D eigenvalue weighted by Crippen LogP contribution is 2.23. The molecule has 0 fully saturated rings. The van der Waals surface area contributed by atoms with E-state index in [1.807, 2.05) is 0 Å². The molecule has 0 aromatic carbocycles. The van der Waals surface area contributed by atoms with Crippen LogP contribution in [0.25, 0.3) is 0 Å². The van der Waals surface area contributed by atoms with E-state index in [9.17, 15) is 23.7 Å². The van der Waals surface area contributed by atoms with Gasteiger partial charge < -0.3 is 9.47 Å². The summed E-state index contributed by atoms with van der Waals surface area (Å²) in [5.74, 6) is 0. The molecule has 4 aromatic rings. The largest absolute Gasteiger partial charge is 0.348 e. The number of nitrogens with zero attached hydrogens (tertiary/aromatic N) is 6. The smallest absolute Gasteiger partial charge is 0.328 e. The van der Waals surface area contributed by atoms with E-state index >= 15 is 0 Å². The second kappa shape index (κ2) is 13.2. The van der Waals surface area contributed by atoms with Gasteiger partial charge in [-0.15, -0.1) is 10.2 Å². The maximum atomic E-state index is 12.0. The number of H-pyrrole nitrogens is 4. The summed E-state index contributed by atoms with van der Waals surface area (Å²) >= 11 is 0. The van der Waals surface area contributed by atoms with Gasteiger partial charge in [0, 0.05) is 23.5 Å². The van der Waals surface area contributed by atoms with E-state index in [2.05, 4.69) is 40.8 Å². The third kappa shape index (κ3) is 7.42. The maximum Gasteiger partial charge on any atom is 0.328 e. The summed E-state index contributed by atoms with van der Waals surface area (Å²) in [5.41, 5.74) is 0.333. The molecule has 40 heavy (non-hydrogen) atoms. The molecule has 0 aliphatic rings. The number of rotatable bonds is 14. The molecule has 20 heteroatoms. The molecule has 19 nitrogen and oxygen atoms in total. The summed E-state index contributed by atoms with van der Waals surface area (Å²) in [7, 11) is -2.96. The van der Waals surface area contributed by atoms with Crippen LogP contribution in [0.3, 0.4) is 0 Å². The maximum absolute atomic E-state index is 12.0. The van der Waals surface area contributed by atoms with Gasteiger partial charge in [-0.3, -0.25) is 52.5 Å². The van der Waals surface area contributed by atoms with Crippen LogP contribution in [-0.2, 0) is 49.4 Å². The van der Waals surface area contributed by atoms with Crippen molar-refractivity contribution in [1.82, 2.24) is 49.9 Å². The van der Waals surface area contributed by atoms with Crippen molar-refractivity contribution < 1.29 is 23.1 Å². The molecule has 4 N–H and O–H groups in total. The van der Waals surface area contributed by atoms with Gasteiger partial charge in [0.25, 0.3) is 11.1 Å². The summed E-state index contributed by atoms with van der Waals surface area (Å²) in [6.07, 6.45) is 2.83. The van der Waals surface area contributed by atoms with Crippen LogP contribution in [0.5, 0.6) is 0 Å². The quantitative estimate of drug-likeness (QED) is 0.0747. The lowest BCUT2D eigenvalue weighted by Crippen LogP contribution is -2.31. The average molecular weight is 580 g/mol. The van der Waals surface area contributed by atoms with E-state index in [0.717, 1.165) is 0 Å². The van der Waals surface area contributed by atoms with Gasteiger partial charge in [-0.25, -0.2) is 9.59 Å². The van der Waals surface area contributed by atoms with Crippen molar-refractivity contribution in [3.8, 4) is 0 Å². The Kier molecular flexibility index (Phi) is 9.46. The monoisotopic (exact) mass is 580 g/mol. The van der Waals surface area contributed by atoms with Crippen LogP contribution in [0.1, 0.15) is 33.9 Å². The van der Waals surface area contributed by atoms with Crippen LogP contribution in [0.2, 0.25) is 0 Å². The van der Waals surface area contributed by atoms with Crippen molar-refractivity contribution in [2.45, 2.75) is 40.2 Å². The normalized spacial score (nSPS) is 11.5. The van der Waals surface area contributed by atoms with Crippen LogP contribution in [0.15, 0.2) is 31.6 Å². The van der Waals surface area contributed by atoms with Gasteiger partial charge in [0.1, 0.15) is 11.4 Å². The first-order valence-electron chi connectivity index (χ1n) is 11.5. The highest BCUT2D eigenvalue weighted by atomic mass is 31.1. The number of aromatic nitrogens is 10. The minimum atomic E-state index is -2.96. The van der Waals surface area contributed by atoms with Crippen molar-refractivity contribution in [2.75, 3.05) is 13.6 Å². The molecule has 0 atom stereocenters. The summed E-state index contributed by atoms with van der Waals surface area (Å²) in [6.45, 7) is 2.36. The molecule has 0 unspecified atom stereocenters. The van der Waals surface area contributed by atoms with Crippen LogP contribution in [0.4, 0.5) is 0 Å². The van der Waals surface area contributed by atoms with Gasteiger partial charge in [0.05, 0.1) is 37.7 Å². The highest BCUT2D eigenvalue weighted by Gasteiger charge is 2.12. The summed E-state index contributed by atoms with van der Waals surface area (Å²) in [5, 5.41) is 20.5. The Morgan fingerprint density at radius 3 is 1.60 bits per heavy atom. The highest BCUT2D eigenvalue weighted by molar-refractivity contribution is 7.33. The minimum Gasteiger partial charge on any atom is -0.348 e. The zero-order valence-corrected chi connectivity index (χ0v) is 22.3. The number of hydrogen-bond donors (Lipinski definition) is 4. The van der Waals surface area contributed by atoms with E-state index in [0.29, 0.717) is 33.9 Å². The third-order valence-corrected chi connectivity index (χ3v) is 6.15. The van der Waals surface area contributed by atoms with Crippen LogP contribution >= 0.6 is 8.25 Å². The fourth-order valence-corrected chi connectivity index (χ4v) is 3.78. The lowest BCUT2D eigenvalue weighted by Gasteiger charge is -2.08. The zero-order valence-electron chi connectivity index (χ0n) is 21.3. The average Bonchev–Trinajstić information content (AvgIpc) is 3.55. The Labute approximate surface area is 223 Å².